The summed E-state index contributed by atoms with van der Waals surface area (Å²) >= 11 is 3.46. The summed E-state index contributed by atoms with van der Waals surface area (Å²) in [5.74, 6) is 0.477. The van der Waals surface area contributed by atoms with Gasteiger partial charge in [-0.3, -0.25) is 10.1 Å². The minimum Gasteiger partial charge on any atom is -0.496 e. The summed E-state index contributed by atoms with van der Waals surface area (Å²) in [6.45, 7) is 3.09. The zero-order valence-corrected chi connectivity index (χ0v) is 19.7. The molecule has 0 spiro atoms. The van der Waals surface area contributed by atoms with Crippen LogP contribution in [-0.4, -0.2) is 49.6 Å². The molecule has 6 nitrogen and oxygen atoms in total. The molecule has 0 saturated carbocycles. The summed E-state index contributed by atoms with van der Waals surface area (Å²) in [5, 5.41) is 2.67. The smallest absolute Gasteiger partial charge is 0.258 e. The average molecular weight is 503 g/mol. The van der Waals surface area contributed by atoms with Gasteiger partial charge < -0.3 is 15.4 Å². The predicted octanol–water partition coefficient (Wildman–Crippen LogP) is 3.52. The largest absolute Gasteiger partial charge is 0.496 e. The van der Waals surface area contributed by atoms with Crippen molar-refractivity contribution in [3.05, 3.63) is 63.4 Å². The second-order valence-corrected chi connectivity index (χ2v) is 9.31. The highest BCUT2D eigenvalue weighted by Gasteiger charge is 2.34. The summed E-state index contributed by atoms with van der Waals surface area (Å²) in [7, 11) is 1.60. The van der Waals surface area contributed by atoms with E-state index in [0.717, 1.165) is 48.3 Å². The Morgan fingerprint density at radius 1 is 1.28 bits per heavy atom. The average Bonchev–Trinajstić information content (AvgIpc) is 2.79. The number of ether oxygens (including phenoxy) is 1. The fourth-order valence-corrected chi connectivity index (χ4v) is 5.11. The van der Waals surface area contributed by atoms with Gasteiger partial charge in [0.05, 0.1) is 13.2 Å². The standard InChI is InChI=1S/C24H28BrFN4O2/c1-32-22-8-6-17(25)13-16(22)5-7-18-19(3-2-4-20(18)26)23(31)29-24(27)28-21-14-30-11-9-15(21)10-12-30/h2-4,6,8,13,15,21H,5,7,9-12,14H2,1H3,(H3,27,28,29,31). The Kier molecular flexibility index (Phi) is 7.10. The molecule has 8 heteroatoms. The van der Waals surface area contributed by atoms with Crippen molar-refractivity contribution in [2.45, 2.75) is 31.7 Å². The zero-order chi connectivity index (χ0) is 22.7. The van der Waals surface area contributed by atoms with Crippen LogP contribution < -0.4 is 15.8 Å². The van der Waals surface area contributed by atoms with Crippen LogP contribution in [0.3, 0.4) is 0 Å². The van der Waals surface area contributed by atoms with E-state index in [2.05, 4.69) is 31.1 Å². The molecule has 3 saturated heterocycles. The number of nitrogens with one attached hydrogen (secondary N) is 1. The van der Waals surface area contributed by atoms with E-state index < -0.39 is 11.7 Å². The Morgan fingerprint density at radius 2 is 2.06 bits per heavy atom. The molecule has 32 heavy (non-hydrogen) atoms. The number of rotatable bonds is 6. The van der Waals surface area contributed by atoms with Crippen LogP contribution in [0.25, 0.3) is 0 Å². The fraction of sp³-hybridized carbons (Fsp3) is 0.417. The van der Waals surface area contributed by atoms with Crippen LogP contribution >= 0.6 is 15.9 Å². The molecule has 1 amide bonds. The highest BCUT2D eigenvalue weighted by Crippen LogP contribution is 2.29. The maximum atomic E-state index is 14.7. The van der Waals surface area contributed by atoms with E-state index in [1.54, 1.807) is 13.2 Å². The first-order valence-corrected chi connectivity index (χ1v) is 11.7. The third-order valence-corrected chi connectivity index (χ3v) is 6.91. The molecule has 3 N–H and O–H groups in total. The molecule has 2 aromatic rings. The second-order valence-electron chi connectivity index (χ2n) is 8.40. The Morgan fingerprint density at radius 3 is 2.75 bits per heavy atom. The van der Waals surface area contributed by atoms with Crippen molar-refractivity contribution < 1.29 is 13.9 Å². The van der Waals surface area contributed by atoms with Crippen LogP contribution in [0.2, 0.25) is 0 Å². The van der Waals surface area contributed by atoms with Crippen molar-refractivity contribution in [1.29, 1.82) is 0 Å². The summed E-state index contributed by atoms with van der Waals surface area (Å²) in [5.41, 5.74) is 7.62. The van der Waals surface area contributed by atoms with E-state index >= 15 is 0 Å². The molecule has 0 radical (unpaired) electrons. The van der Waals surface area contributed by atoms with E-state index in [1.165, 1.54) is 12.1 Å². The van der Waals surface area contributed by atoms with Crippen LogP contribution in [0.1, 0.15) is 34.3 Å². The molecule has 3 aliphatic rings. The normalized spacial score (nSPS) is 22.6. The highest BCUT2D eigenvalue weighted by molar-refractivity contribution is 9.10. The maximum absolute atomic E-state index is 14.7. The topological polar surface area (TPSA) is 79.9 Å². The van der Waals surface area contributed by atoms with E-state index in [-0.39, 0.29) is 17.6 Å². The van der Waals surface area contributed by atoms with Gasteiger partial charge in [0.15, 0.2) is 5.96 Å². The lowest BCUT2D eigenvalue weighted by atomic mass is 9.84. The van der Waals surface area contributed by atoms with Gasteiger partial charge in [0, 0.05) is 22.1 Å². The first-order chi connectivity index (χ1) is 15.4. The summed E-state index contributed by atoms with van der Waals surface area (Å²) in [6, 6.07) is 10.3. The molecule has 0 aromatic heterocycles. The van der Waals surface area contributed by atoms with Gasteiger partial charge in [-0.2, -0.15) is 0 Å². The lowest BCUT2D eigenvalue weighted by Gasteiger charge is -2.43. The fourth-order valence-electron chi connectivity index (χ4n) is 4.70. The molecular formula is C24H28BrFN4O2. The molecule has 3 aliphatic heterocycles. The molecule has 1 atom stereocenters. The number of fused-ring (bicyclic) bond motifs is 3. The number of carbonyl (C=O) groups is 1. The molecule has 170 valence electrons. The van der Waals surface area contributed by atoms with Crippen LogP contribution in [-0.2, 0) is 12.8 Å². The number of nitrogens with two attached hydrogens (primary N) is 1. The molecule has 3 heterocycles. The third kappa shape index (κ3) is 5.13. The Bertz CT molecular complexity index is 1020. The lowest BCUT2D eigenvalue weighted by molar-refractivity contribution is 0.0899. The monoisotopic (exact) mass is 502 g/mol. The van der Waals surface area contributed by atoms with Gasteiger partial charge in [0.2, 0.25) is 0 Å². The van der Waals surface area contributed by atoms with E-state index in [1.807, 2.05) is 18.2 Å². The quantitative estimate of drug-likeness (QED) is 0.467. The van der Waals surface area contributed by atoms with Crippen LogP contribution in [0.5, 0.6) is 5.75 Å². The van der Waals surface area contributed by atoms with Crippen molar-refractivity contribution in [1.82, 2.24) is 10.2 Å². The SMILES string of the molecule is COc1ccc(Br)cc1CCc1c(F)cccc1C(=O)NC(N)=NC1CN2CCC1CC2. The number of halogens is 2. The summed E-state index contributed by atoms with van der Waals surface area (Å²) in [4.78, 5) is 19.9. The van der Waals surface area contributed by atoms with Crippen molar-refractivity contribution in [2.24, 2.45) is 16.6 Å². The molecular weight excluding hydrogens is 475 g/mol. The van der Waals surface area contributed by atoms with E-state index in [0.29, 0.717) is 24.3 Å². The molecule has 2 aromatic carbocycles. The minimum absolute atomic E-state index is 0.0950. The molecule has 2 bridgehead atoms. The molecule has 0 aliphatic carbocycles. The van der Waals surface area contributed by atoms with Gasteiger partial charge in [-0.25, -0.2) is 9.38 Å². The van der Waals surface area contributed by atoms with Crippen molar-refractivity contribution in [3.8, 4) is 5.75 Å². The van der Waals surface area contributed by atoms with Gasteiger partial charge >= 0.3 is 0 Å². The molecule has 1 unspecified atom stereocenters. The predicted molar refractivity (Wildman–Crippen MR) is 127 cm³/mol. The number of nitrogens with zero attached hydrogens (tertiary/aromatic N) is 2. The van der Waals surface area contributed by atoms with Gasteiger partial charge in [0.1, 0.15) is 11.6 Å². The number of amides is 1. The van der Waals surface area contributed by atoms with Gasteiger partial charge in [-0.05, 0) is 80.6 Å². The van der Waals surface area contributed by atoms with Crippen LogP contribution in [0, 0.1) is 11.7 Å². The number of guanidine groups is 1. The van der Waals surface area contributed by atoms with Gasteiger partial charge in [-0.1, -0.05) is 22.0 Å². The molecule has 5 rings (SSSR count). The Balaban J connectivity index is 1.48. The first-order valence-electron chi connectivity index (χ1n) is 10.9. The Labute approximate surface area is 196 Å². The van der Waals surface area contributed by atoms with Crippen molar-refractivity contribution in [3.63, 3.8) is 0 Å². The first kappa shape index (κ1) is 22.7. The van der Waals surface area contributed by atoms with Crippen LogP contribution in [0.4, 0.5) is 4.39 Å². The summed E-state index contributed by atoms with van der Waals surface area (Å²) < 4.78 is 21.0. The number of carbonyl (C=O) groups excluding carboxylic acids is 1. The summed E-state index contributed by atoms with van der Waals surface area (Å²) in [6.07, 6.45) is 3.09. The number of methoxy groups -OCH3 is 1. The number of benzene rings is 2. The third-order valence-electron chi connectivity index (χ3n) is 6.42. The van der Waals surface area contributed by atoms with E-state index in [4.69, 9.17) is 10.5 Å². The lowest BCUT2D eigenvalue weighted by Crippen LogP contribution is -2.51. The van der Waals surface area contributed by atoms with Crippen molar-refractivity contribution >= 4 is 27.8 Å². The minimum atomic E-state index is -0.441. The van der Waals surface area contributed by atoms with Crippen molar-refractivity contribution in [2.75, 3.05) is 26.7 Å². The van der Waals surface area contributed by atoms with Crippen LogP contribution in [0.15, 0.2) is 45.9 Å². The number of aryl methyl sites for hydroxylation is 1. The maximum Gasteiger partial charge on any atom is 0.258 e. The van der Waals surface area contributed by atoms with Gasteiger partial charge in [-0.15, -0.1) is 0 Å². The number of hydrogen-bond donors (Lipinski definition) is 2. The highest BCUT2D eigenvalue weighted by atomic mass is 79.9. The van der Waals surface area contributed by atoms with E-state index in [9.17, 15) is 9.18 Å². The second kappa shape index (κ2) is 10.0. The Hall–Kier alpha value is -2.45. The number of piperidine rings is 3. The number of aliphatic imine (C=N–C) groups is 1. The number of hydrogen-bond acceptors (Lipinski definition) is 4. The zero-order valence-electron chi connectivity index (χ0n) is 18.1. The van der Waals surface area contributed by atoms with Gasteiger partial charge in [0.25, 0.3) is 5.91 Å². The molecule has 3 fully saturated rings.